The van der Waals surface area contributed by atoms with Gasteiger partial charge < -0.3 is 19.7 Å². The van der Waals surface area contributed by atoms with Crippen LogP contribution in [-0.2, 0) is 14.3 Å². The number of aromatic nitrogens is 2. The van der Waals surface area contributed by atoms with Crippen molar-refractivity contribution in [1.82, 2.24) is 20.4 Å². The minimum atomic E-state index is -0.383. The van der Waals surface area contributed by atoms with Crippen molar-refractivity contribution < 1.29 is 19.1 Å². The van der Waals surface area contributed by atoms with E-state index in [-0.39, 0.29) is 29.6 Å². The van der Waals surface area contributed by atoms with Crippen molar-refractivity contribution in [3.8, 4) is 0 Å². The molecule has 3 aliphatic heterocycles. The summed E-state index contributed by atoms with van der Waals surface area (Å²) in [4.78, 5) is 28.1. The molecule has 1 aromatic rings. The van der Waals surface area contributed by atoms with Crippen molar-refractivity contribution in [3.05, 3.63) is 17.5 Å². The smallest absolute Gasteiger partial charge is 0.257 e. The number of piperidine rings is 1. The Balaban J connectivity index is 1.18. The zero-order valence-corrected chi connectivity index (χ0v) is 18.9. The summed E-state index contributed by atoms with van der Waals surface area (Å²) >= 11 is 0. The highest BCUT2D eigenvalue weighted by atomic mass is 16.5. The molecule has 4 heterocycles. The molecule has 2 N–H and O–H groups in total. The fourth-order valence-corrected chi connectivity index (χ4v) is 6.02. The van der Waals surface area contributed by atoms with Gasteiger partial charge >= 0.3 is 0 Å². The van der Waals surface area contributed by atoms with Gasteiger partial charge in [0.25, 0.3) is 5.91 Å². The molecule has 0 radical (unpaired) electrons. The highest BCUT2D eigenvalue weighted by Gasteiger charge is 2.44. The number of hydrogen-bond donors (Lipinski definition) is 2. The lowest BCUT2D eigenvalue weighted by Crippen LogP contribution is -2.52. The average Bonchev–Trinajstić information content (AvgIpc) is 3.48. The Hall–Kier alpha value is -1.93. The number of hydrogen-bond acceptors (Lipinski definition) is 5. The van der Waals surface area contributed by atoms with Crippen LogP contribution in [0.5, 0.6) is 0 Å². The van der Waals surface area contributed by atoms with E-state index in [4.69, 9.17) is 9.47 Å². The first-order valence-corrected chi connectivity index (χ1v) is 12.5. The lowest BCUT2D eigenvalue weighted by molar-refractivity contribution is -0.145. The summed E-state index contributed by atoms with van der Waals surface area (Å²) in [6, 6.07) is -0.0277. The molecule has 1 spiro atoms. The number of nitrogens with zero attached hydrogens (tertiary/aromatic N) is 2. The van der Waals surface area contributed by atoms with Gasteiger partial charge in [0.2, 0.25) is 5.91 Å². The van der Waals surface area contributed by atoms with Gasteiger partial charge in [-0.1, -0.05) is 19.3 Å². The van der Waals surface area contributed by atoms with Crippen LogP contribution >= 0.6 is 0 Å². The number of likely N-dealkylation sites (tertiary alicyclic amines) is 1. The van der Waals surface area contributed by atoms with Crippen molar-refractivity contribution in [3.63, 3.8) is 0 Å². The van der Waals surface area contributed by atoms with Gasteiger partial charge in [-0.05, 0) is 51.4 Å². The summed E-state index contributed by atoms with van der Waals surface area (Å²) in [5, 5.41) is 10.5. The number of ether oxygens (including phenoxy) is 2. The summed E-state index contributed by atoms with van der Waals surface area (Å²) < 4.78 is 11.7. The molecule has 32 heavy (non-hydrogen) atoms. The van der Waals surface area contributed by atoms with Gasteiger partial charge in [-0.3, -0.25) is 14.7 Å². The Morgan fingerprint density at radius 1 is 1.06 bits per heavy atom. The molecule has 8 nitrogen and oxygen atoms in total. The summed E-state index contributed by atoms with van der Waals surface area (Å²) in [5.41, 5.74) is 1.54. The molecule has 8 heteroatoms. The number of aromatic amines is 1. The number of carbonyl (C=O) groups excluding carboxylic acids is 2. The minimum Gasteiger partial charge on any atom is -0.381 e. The van der Waals surface area contributed by atoms with E-state index in [0.717, 1.165) is 63.6 Å². The molecule has 5 rings (SSSR count). The molecule has 2 unspecified atom stereocenters. The molecule has 1 saturated carbocycles. The van der Waals surface area contributed by atoms with Gasteiger partial charge in [0.05, 0.1) is 23.1 Å². The van der Waals surface area contributed by atoms with Gasteiger partial charge in [-0.2, -0.15) is 5.10 Å². The first-order valence-electron chi connectivity index (χ1n) is 12.5. The van der Waals surface area contributed by atoms with Gasteiger partial charge in [-0.25, -0.2) is 0 Å². The van der Waals surface area contributed by atoms with Crippen molar-refractivity contribution >= 4 is 11.8 Å². The molecule has 1 aliphatic carbocycles. The SMILES string of the molecule is O=C(NC1CCCN(C(=O)c2cn[nH]c2C2CCCCC2)C1)C1CCC2(CCOCC2)O1. The maximum atomic E-state index is 13.3. The van der Waals surface area contributed by atoms with Crippen LogP contribution < -0.4 is 5.32 Å². The molecule has 2 amide bonds. The Kier molecular flexibility index (Phi) is 6.51. The predicted octanol–water partition coefficient (Wildman–Crippen LogP) is 2.91. The van der Waals surface area contributed by atoms with Crippen LogP contribution in [0.2, 0.25) is 0 Å². The predicted molar refractivity (Wildman–Crippen MR) is 118 cm³/mol. The summed E-state index contributed by atoms with van der Waals surface area (Å²) in [7, 11) is 0. The number of rotatable bonds is 4. The molecule has 4 aliphatic rings. The highest BCUT2D eigenvalue weighted by Crippen LogP contribution is 2.38. The topological polar surface area (TPSA) is 96.6 Å². The van der Waals surface area contributed by atoms with E-state index in [0.29, 0.717) is 31.2 Å². The van der Waals surface area contributed by atoms with Crippen LogP contribution in [-0.4, -0.2) is 71.0 Å². The molecule has 4 fully saturated rings. The molecule has 1 aromatic heterocycles. The Morgan fingerprint density at radius 2 is 1.88 bits per heavy atom. The first kappa shape index (κ1) is 21.9. The third kappa shape index (κ3) is 4.57. The maximum Gasteiger partial charge on any atom is 0.257 e. The largest absolute Gasteiger partial charge is 0.381 e. The van der Waals surface area contributed by atoms with Crippen LogP contribution in [0.15, 0.2) is 6.20 Å². The third-order valence-electron chi connectivity index (χ3n) is 7.92. The number of H-pyrrole nitrogens is 1. The Bertz CT molecular complexity index is 813. The Morgan fingerprint density at radius 3 is 2.69 bits per heavy atom. The molecular weight excluding hydrogens is 408 g/mol. The molecule has 0 bridgehead atoms. The molecule has 176 valence electrons. The summed E-state index contributed by atoms with van der Waals surface area (Å²) in [5.74, 6) is 0.415. The standard InChI is InChI=1S/C24H36N4O4/c29-22(20-8-9-24(32-20)10-13-31-14-11-24)26-18-7-4-12-28(16-18)23(30)19-15-25-27-21(19)17-5-2-1-3-6-17/h15,17-18,20H,1-14,16H2,(H,25,27)(H,26,29). The maximum absolute atomic E-state index is 13.3. The Labute approximate surface area is 189 Å². The zero-order chi connectivity index (χ0) is 22.0. The van der Waals surface area contributed by atoms with Crippen LogP contribution in [0.1, 0.15) is 92.6 Å². The van der Waals surface area contributed by atoms with Crippen LogP contribution in [0.4, 0.5) is 0 Å². The van der Waals surface area contributed by atoms with E-state index in [1.807, 2.05) is 4.90 Å². The van der Waals surface area contributed by atoms with Crippen molar-refractivity contribution in [2.24, 2.45) is 0 Å². The lowest BCUT2D eigenvalue weighted by atomic mass is 9.85. The number of amides is 2. The van der Waals surface area contributed by atoms with Gasteiger partial charge in [0, 0.05) is 38.3 Å². The molecule has 2 atom stereocenters. The van der Waals surface area contributed by atoms with Crippen molar-refractivity contribution in [2.75, 3.05) is 26.3 Å². The second-order valence-electron chi connectivity index (χ2n) is 10.1. The van der Waals surface area contributed by atoms with E-state index in [1.165, 1.54) is 19.3 Å². The van der Waals surface area contributed by atoms with E-state index in [1.54, 1.807) is 6.20 Å². The molecule has 0 aromatic carbocycles. The molecular formula is C24H36N4O4. The first-order chi connectivity index (χ1) is 15.6. The lowest BCUT2D eigenvalue weighted by Gasteiger charge is -2.35. The van der Waals surface area contributed by atoms with Gasteiger partial charge in [0.1, 0.15) is 6.10 Å². The number of carbonyl (C=O) groups is 2. The van der Waals surface area contributed by atoms with Crippen LogP contribution in [0.3, 0.4) is 0 Å². The van der Waals surface area contributed by atoms with E-state index < -0.39 is 0 Å². The van der Waals surface area contributed by atoms with Crippen molar-refractivity contribution in [1.29, 1.82) is 0 Å². The van der Waals surface area contributed by atoms with E-state index in [9.17, 15) is 9.59 Å². The summed E-state index contributed by atoms with van der Waals surface area (Å²) in [6.07, 6.45) is 12.5. The average molecular weight is 445 g/mol. The second kappa shape index (κ2) is 9.51. The second-order valence-corrected chi connectivity index (χ2v) is 10.1. The van der Waals surface area contributed by atoms with Gasteiger partial charge in [0.15, 0.2) is 0 Å². The van der Waals surface area contributed by atoms with Gasteiger partial charge in [-0.15, -0.1) is 0 Å². The normalized spacial score (nSPS) is 28.7. The number of nitrogens with one attached hydrogen (secondary N) is 2. The van der Waals surface area contributed by atoms with Crippen molar-refractivity contribution in [2.45, 2.75) is 94.3 Å². The monoisotopic (exact) mass is 444 g/mol. The zero-order valence-electron chi connectivity index (χ0n) is 18.9. The quantitative estimate of drug-likeness (QED) is 0.744. The summed E-state index contributed by atoms with van der Waals surface area (Å²) in [6.45, 7) is 2.70. The van der Waals surface area contributed by atoms with Crippen LogP contribution in [0.25, 0.3) is 0 Å². The fourth-order valence-electron chi connectivity index (χ4n) is 6.02. The van der Waals surface area contributed by atoms with E-state index >= 15 is 0 Å². The fraction of sp³-hybridized carbons (Fsp3) is 0.792. The third-order valence-corrected chi connectivity index (χ3v) is 7.92. The highest BCUT2D eigenvalue weighted by molar-refractivity contribution is 5.95. The molecule has 3 saturated heterocycles. The van der Waals surface area contributed by atoms with Crippen LogP contribution in [0, 0.1) is 0 Å². The van der Waals surface area contributed by atoms with E-state index in [2.05, 4.69) is 15.5 Å². The minimum absolute atomic E-state index is 0.0277.